The number of nitrogens with zero attached hydrogens (tertiary/aromatic N) is 2. The summed E-state index contributed by atoms with van der Waals surface area (Å²) in [4.78, 5) is 22.7. The van der Waals surface area contributed by atoms with E-state index < -0.39 is 16.6 Å². The highest BCUT2D eigenvalue weighted by Crippen LogP contribution is 2.35. The fourth-order valence-corrected chi connectivity index (χ4v) is 3.37. The first kappa shape index (κ1) is 24.4. The molecule has 0 heterocycles. The van der Waals surface area contributed by atoms with Crippen molar-refractivity contribution < 1.29 is 23.6 Å². The fraction of sp³-hybridized carbons (Fsp3) is 0.0833. The van der Waals surface area contributed by atoms with Crippen LogP contribution in [0.2, 0.25) is 0 Å². The molecular weight excluding hydrogens is 509 g/mol. The minimum atomic E-state index is -0.532. The smallest absolute Gasteiger partial charge is 0.270 e. The molecule has 0 saturated carbocycles. The number of anilines is 1. The van der Waals surface area contributed by atoms with Gasteiger partial charge in [-0.3, -0.25) is 14.9 Å². The number of halogens is 2. The number of hydrogen-bond donors (Lipinski definition) is 1. The highest BCUT2D eigenvalue weighted by Gasteiger charge is 2.14. The van der Waals surface area contributed by atoms with Crippen LogP contribution in [0.1, 0.15) is 11.1 Å². The first-order valence-corrected chi connectivity index (χ1v) is 10.5. The van der Waals surface area contributed by atoms with Crippen molar-refractivity contribution in [1.29, 1.82) is 5.26 Å². The molecule has 1 amide bonds. The molecule has 0 unspecified atom stereocenters. The lowest BCUT2D eigenvalue weighted by molar-refractivity contribution is -0.384. The number of nitrogens with one attached hydrogen (secondary N) is 1. The van der Waals surface area contributed by atoms with Crippen LogP contribution in [0.5, 0.6) is 11.5 Å². The van der Waals surface area contributed by atoms with Gasteiger partial charge in [-0.25, -0.2) is 4.39 Å². The van der Waals surface area contributed by atoms with Crippen molar-refractivity contribution in [1.82, 2.24) is 0 Å². The summed E-state index contributed by atoms with van der Waals surface area (Å²) in [5.74, 6) is -0.288. The first-order valence-electron chi connectivity index (χ1n) is 9.73. The zero-order valence-corrected chi connectivity index (χ0v) is 19.3. The second-order valence-corrected chi connectivity index (χ2v) is 7.70. The van der Waals surface area contributed by atoms with Crippen molar-refractivity contribution in [3.05, 3.63) is 92.2 Å². The van der Waals surface area contributed by atoms with Gasteiger partial charge in [-0.2, -0.15) is 5.26 Å². The third kappa shape index (κ3) is 6.17. The summed E-state index contributed by atoms with van der Waals surface area (Å²) in [6.07, 6.45) is 1.55. The Labute approximate surface area is 202 Å². The van der Waals surface area contributed by atoms with Crippen molar-refractivity contribution >= 4 is 44.9 Å². The number of hydrogen-bond acceptors (Lipinski definition) is 6. The number of nitro groups is 1. The van der Waals surface area contributed by atoms with Gasteiger partial charge in [0.05, 0.1) is 23.7 Å². The maximum Gasteiger partial charge on any atom is 0.270 e. The number of ether oxygens (including phenoxy) is 2. The molecule has 8 nitrogen and oxygen atoms in total. The van der Waals surface area contributed by atoms with Gasteiger partial charge in [0, 0.05) is 22.3 Å². The maximum absolute atomic E-state index is 13.0. The third-order valence-electron chi connectivity index (χ3n) is 4.56. The quantitative estimate of drug-likeness (QED) is 0.177. The minimum Gasteiger partial charge on any atom is -0.493 e. The van der Waals surface area contributed by atoms with E-state index in [1.807, 2.05) is 6.07 Å². The number of allylic oxidation sites excluding steroid dienone is 1. The highest BCUT2D eigenvalue weighted by atomic mass is 79.9. The number of nitro benzene ring substituents is 1. The number of carbonyl (C=O) groups is 1. The molecule has 0 aromatic heterocycles. The van der Waals surface area contributed by atoms with Gasteiger partial charge in [-0.1, -0.05) is 28.1 Å². The normalized spacial score (nSPS) is 10.8. The summed E-state index contributed by atoms with van der Waals surface area (Å²) in [7, 11) is 1.42. The molecule has 0 radical (unpaired) electrons. The lowest BCUT2D eigenvalue weighted by atomic mass is 10.0. The Bertz CT molecular complexity index is 1300. The average Bonchev–Trinajstić information content (AvgIpc) is 2.83. The number of rotatable bonds is 8. The number of amides is 1. The molecule has 0 saturated heterocycles. The van der Waals surface area contributed by atoms with E-state index in [2.05, 4.69) is 21.2 Å². The molecule has 10 heteroatoms. The van der Waals surface area contributed by atoms with E-state index in [1.165, 1.54) is 49.6 Å². The lowest BCUT2D eigenvalue weighted by Gasteiger charge is -2.13. The molecule has 172 valence electrons. The van der Waals surface area contributed by atoms with Gasteiger partial charge in [0.25, 0.3) is 11.6 Å². The molecule has 0 bridgehead atoms. The molecule has 1 N–H and O–H groups in total. The van der Waals surface area contributed by atoms with Gasteiger partial charge >= 0.3 is 0 Å². The van der Waals surface area contributed by atoms with Gasteiger partial charge in [-0.15, -0.1) is 0 Å². The van der Waals surface area contributed by atoms with Crippen LogP contribution in [0.15, 0.2) is 65.1 Å². The van der Waals surface area contributed by atoms with Crippen LogP contribution in [0.3, 0.4) is 0 Å². The molecule has 0 fully saturated rings. The van der Waals surface area contributed by atoms with Crippen LogP contribution < -0.4 is 14.8 Å². The summed E-state index contributed by atoms with van der Waals surface area (Å²) in [5, 5.41) is 23.2. The van der Waals surface area contributed by atoms with Gasteiger partial charge in [0.1, 0.15) is 5.82 Å². The van der Waals surface area contributed by atoms with Crippen molar-refractivity contribution in [3.8, 4) is 17.6 Å². The molecule has 0 atom stereocenters. The minimum absolute atomic E-state index is 0.127. The van der Waals surface area contributed by atoms with Crippen molar-refractivity contribution in [2.45, 2.75) is 0 Å². The Morgan fingerprint density at radius 3 is 2.59 bits per heavy atom. The summed E-state index contributed by atoms with van der Waals surface area (Å²) in [6, 6.07) is 16.3. The highest BCUT2D eigenvalue weighted by molar-refractivity contribution is 9.10. The predicted octanol–water partition coefficient (Wildman–Crippen LogP) is 5.59. The standard InChI is InChI=1S/C24H17BrFN3O5/c1-33-22-11-16(9-17(13-27)15-3-2-4-20(10-15)29(31)32)21(25)12-23(22)34-14-24(30)28-19-7-5-18(26)6-8-19/h2-12H,14H2,1H3,(H,28,30)/b17-9-. The summed E-state index contributed by atoms with van der Waals surface area (Å²) in [6.45, 7) is -0.327. The number of methoxy groups -OCH3 is 1. The predicted molar refractivity (Wildman–Crippen MR) is 128 cm³/mol. The Morgan fingerprint density at radius 1 is 1.21 bits per heavy atom. The Hall–Kier alpha value is -4.23. The zero-order valence-electron chi connectivity index (χ0n) is 17.7. The van der Waals surface area contributed by atoms with Gasteiger partial charge in [-0.05, 0) is 53.6 Å². The average molecular weight is 526 g/mol. The van der Waals surface area contributed by atoms with Crippen LogP contribution in [0, 0.1) is 27.3 Å². The summed E-state index contributed by atoms with van der Waals surface area (Å²) in [5.41, 5.74) is 1.45. The maximum atomic E-state index is 13.0. The van der Waals surface area contributed by atoms with Crippen LogP contribution in [0.4, 0.5) is 15.8 Å². The summed E-state index contributed by atoms with van der Waals surface area (Å²) >= 11 is 3.41. The Kier molecular flexibility index (Phi) is 7.95. The first-order chi connectivity index (χ1) is 16.3. The molecule has 3 aromatic rings. The van der Waals surface area contributed by atoms with E-state index in [4.69, 9.17) is 9.47 Å². The largest absolute Gasteiger partial charge is 0.493 e. The van der Waals surface area contributed by atoms with Gasteiger partial charge < -0.3 is 14.8 Å². The van der Waals surface area contributed by atoms with Crippen LogP contribution in [-0.4, -0.2) is 24.5 Å². The van der Waals surface area contributed by atoms with Crippen molar-refractivity contribution in [2.24, 2.45) is 0 Å². The zero-order chi connectivity index (χ0) is 24.7. The number of nitriles is 1. The molecule has 0 aliphatic rings. The fourth-order valence-electron chi connectivity index (χ4n) is 2.93. The van der Waals surface area contributed by atoms with Crippen molar-refractivity contribution in [3.63, 3.8) is 0 Å². The van der Waals surface area contributed by atoms with Crippen LogP contribution >= 0.6 is 15.9 Å². The van der Waals surface area contributed by atoms with Crippen LogP contribution in [0.25, 0.3) is 11.6 Å². The molecular formula is C24H17BrFN3O5. The SMILES string of the molecule is COc1cc(/C=C(/C#N)c2cccc([N+](=O)[O-])c2)c(Br)cc1OCC(=O)Nc1ccc(F)cc1. The van der Waals surface area contributed by atoms with E-state index >= 15 is 0 Å². The van der Waals surface area contributed by atoms with Gasteiger partial charge in [0.15, 0.2) is 18.1 Å². The summed E-state index contributed by atoms with van der Waals surface area (Å²) < 4.78 is 24.5. The van der Waals surface area contributed by atoms with E-state index in [0.717, 1.165) is 0 Å². The molecule has 0 aliphatic carbocycles. The molecule has 3 aromatic carbocycles. The third-order valence-corrected chi connectivity index (χ3v) is 5.24. The van der Waals surface area contributed by atoms with E-state index in [1.54, 1.807) is 24.3 Å². The molecule has 3 rings (SSSR count). The van der Waals surface area contributed by atoms with Gasteiger partial charge in [0.2, 0.25) is 0 Å². The molecule has 34 heavy (non-hydrogen) atoms. The Balaban J connectivity index is 1.80. The second kappa shape index (κ2) is 11.1. The lowest BCUT2D eigenvalue weighted by Crippen LogP contribution is -2.20. The van der Waals surface area contributed by atoms with Crippen molar-refractivity contribution in [2.75, 3.05) is 19.0 Å². The van der Waals surface area contributed by atoms with Crippen LogP contribution in [-0.2, 0) is 4.79 Å². The van der Waals surface area contributed by atoms with E-state index in [-0.39, 0.29) is 23.6 Å². The number of benzene rings is 3. The Morgan fingerprint density at radius 2 is 1.94 bits per heavy atom. The number of non-ortho nitro benzene ring substituents is 1. The molecule has 0 spiro atoms. The van der Waals surface area contributed by atoms with E-state index in [9.17, 15) is 24.6 Å². The second-order valence-electron chi connectivity index (χ2n) is 6.85. The molecule has 0 aliphatic heterocycles. The van der Waals surface area contributed by atoms with E-state index in [0.29, 0.717) is 27.0 Å². The monoisotopic (exact) mass is 525 g/mol. The topological polar surface area (TPSA) is 114 Å². The number of carbonyl (C=O) groups excluding carboxylic acids is 1.